The van der Waals surface area contributed by atoms with Gasteiger partial charge in [0.2, 0.25) is 5.91 Å². The van der Waals surface area contributed by atoms with E-state index in [2.05, 4.69) is 86.8 Å². The maximum absolute atomic E-state index is 13.5. The molecule has 0 aliphatic heterocycles. The summed E-state index contributed by atoms with van der Waals surface area (Å²) in [5.41, 5.74) is 0. The first-order chi connectivity index (χ1) is 32.9. The Bertz CT molecular complexity index is 1400. The molecule has 1 amide bonds. The smallest absolute Gasteiger partial charge is 0.456 e. The predicted octanol–water partition coefficient (Wildman–Crippen LogP) is 16.5. The Morgan fingerprint density at radius 3 is 1.43 bits per heavy atom. The van der Waals surface area contributed by atoms with Crippen LogP contribution in [0.15, 0.2) is 72.9 Å². The Labute approximate surface area is 419 Å². The van der Waals surface area contributed by atoms with Gasteiger partial charge in [-0.05, 0) is 76.7 Å². The van der Waals surface area contributed by atoms with Crippen molar-refractivity contribution in [3.63, 3.8) is 0 Å². The van der Waals surface area contributed by atoms with Crippen molar-refractivity contribution < 1.29 is 37.3 Å². The number of allylic oxidation sites excluding steroid dienone is 11. The molecule has 394 valence electrons. The van der Waals surface area contributed by atoms with Crippen LogP contribution in [-0.4, -0.2) is 74.3 Å². The third kappa shape index (κ3) is 48.5. The van der Waals surface area contributed by atoms with Gasteiger partial charge in [0.15, 0.2) is 0 Å². The molecule has 0 saturated carbocycles. The molecule has 0 radical (unpaired) electrons. The van der Waals surface area contributed by atoms with Crippen LogP contribution in [0.4, 0.5) is 0 Å². The SMILES string of the molecule is CC/C=C\C/C=C\C/C=C\C/C=C\C/C=C\CCCCCC(=O)NC(COP(=O)(O)OCC[N+](C)(C)C)C(/C=C\CCCCCCCCCCCC)OC(=O)CCCCCCCCCCCCC. The molecule has 0 bridgehead atoms. The van der Waals surface area contributed by atoms with Crippen LogP contribution in [0.2, 0.25) is 0 Å². The number of nitrogens with zero attached hydrogens (tertiary/aromatic N) is 1. The summed E-state index contributed by atoms with van der Waals surface area (Å²) in [6.07, 6.45) is 60.4. The fourth-order valence-electron chi connectivity index (χ4n) is 7.61. The number of phosphoric ester groups is 1. The quantitative estimate of drug-likeness (QED) is 0.0205. The van der Waals surface area contributed by atoms with Gasteiger partial charge in [0.05, 0.1) is 33.8 Å². The normalized spacial score (nSPS) is 14.4. The molecule has 3 unspecified atom stereocenters. The van der Waals surface area contributed by atoms with Gasteiger partial charge in [-0.15, -0.1) is 0 Å². The number of esters is 1. The molecule has 0 spiro atoms. The fourth-order valence-corrected chi connectivity index (χ4v) is 8.35. The molecular formula is C58H106N2O7P+. The molecule has 0 aromatic rings. The van der Waals surface area contributed by atoms with E-state index < -0.39 is 20.0 Å². The third-order valence-corrected chi connectivity index (χ3v) is 12.9. The minimum absolute atomic E-state index is 0.0318. The molecule has 0 heterocycles. The Morgan fingerprint density at radius 2 is 0.941 bits per heavy atom. The number of carbonyl (C=O) groups excluding carboxylic acids is 2. The highest BCUT2D eigenvalue weighted by Crippen LogP contribution is 2.43. The molecule has 0 aromatic heterocycles. The summed E-state index contributed by atoms with van der Waals surface area (Å²) in [6.45, 7) is 6.85. The molecule has 0 aliphatic rings. The first-order valence-corrected chi connectivity index (χ1v) is 29.3. The first-order valence-electron chi connectivity index (χ1n) is 27.8. The fraction of sp³-hybridized carbons (Fsp3) is 0.759. The van der Waals surface area contributed by atoms with Crippen molar-refractivity contribution in [2.45, 2.75) is 245 Å². The molecule has 68 heavy (non-hydrogen) atoms. The molecular weight excluding hydrogens is 868 g/mol. The number of amides is 1. The standard InChI is InChI=1S/C58H105N2O7P/c1-7-10-13-16-19-22-25-27-28-29-30-31-32-33-36-38-41-44-47-50-57(61)59-55(54-66-68(63,64)65-53-52-60(4,5)6)56(49-46-43-40-37-35-26-23-20-17-14-11-8-2)67-58(62)51-48-45-42-39-34-24-21-18-15-12-9-3/h10,13,19,22,27-28,30-31,33,36,46,49,55-56H,7-9,11-12,14-18,20-21,23-26,29,32,34-35,37-45,47-48,50-54H2,1-6H3,(H-,59,61,63,64)/p+1/b13-10-,22-19-,28-27-,31-30-,36-33-,49-46-. The summed E-state index contributed by atoms with van der Waals surface area (Å²) in [5, 5.41) is 3.02. The van der Waals surface area contributed by atoms with Crippen LogP contribution in [0.25, 0.3) is 0 Å². The summed E-state index contributed by atoms with van der Waals surface area (Å²) in [4.78, 5) is 37.5. The predicted molar refractivity (Wildman–Crippen MR) is 291 cm³/mol. The lowest BCUT2D eigenvalue weighted by Crippen LogP contribution is -2.47. The number of unbranched alkanes of at least 4 members (excludes halogenated alkanes) is 23. The van der Waals surface area contributed by atoms with E-state index in [0.29, 0.717) is 23.9 Å². The van der Waals surface area contributed by atoms with Gasteiger partial charge in [-0.25, -0.2) is 4.57 Å². The number of ether oxygens (including phenoxy) is 1. The van der Waals surface area contributed by atoms with E-state index in [4.69, 9.17) is 13.8 Å². The average molecular weight is 974 g/mol. The third-order valence-electron chi connectivity index (χ3n) is 11.9. The second kappa shape index (κ2) is 48.1. The molecule has 0 fully saturated rings. The molecule has 0 aromatic carbocycles. The van der Waals surface area contributed by atoms with Crippen molar-refractivity contribution in [2.75, 3.05) is 40.9 Å². The van der Waals surface area contributed by atoms with Crippen LogP contribution in [-0.2, 0) is 27.9 Å². The summed E-state index contributed by atoms with van der Waals surface area (Å²) < 4.78 is 30.5. The Morgan fingerprint density at radius 1 is 0.529 bits per heavy atom. The van der Waals surface area contributed by atoms with Crippen LogP contribution >= 0.6 is 7.82 Å². The van der Waals surface area contributed by atoms with Crippen molar-refractivity contribution in [1.29, 1.82) is 0 Å². The number of nitrogens with one attached hydrogen (secondary N) is 1. The van der Waals surface area contributed by atoms with E-state index in [-0.39, 0.29) is 31.5 Å². The van der Waals surface area contributed by atoms with Crippen molar-refractivity contribution in [3.05, 3.63) is 72.9 Å². The Kier molecular flexibility index (Phi) is 46.3. The van der Waals surface area contributed by atoms with Gasteiger partial charge in [-0.3, -0.25) is 18.6 Å². The molecule has 9 nitrogen and oxygen atoms in total. The topological polar surface area (TPSA) is 111 Å². The van der Waals surface area contributed by atoms with Crippen LogP contribution in [0.5, 0.6) is 0 Å². The van der Waals surface area contributed by atoms with Crippen molar-refractivity contribution in [1.82, 2.24) is 5.32 Å². The van der Waals surface area contributed by atoms with E-state index in [1.54, 1.807) is 0 Å². The van der Waals surface area contributed by atoms with Crippen molar-refractivity contribution >= 4 is 19.7 Å². The molecule has 0 rings (SSSR count). The first kappa shape index (κ1) is 65.5. The molecule has 2 N–H and O–H groups in total. The zero-order valence-corrected chi connectivity index (χ0v) is 45.7. The van der Waals surface area contributed by atoms with Gasteiger partial charge in [0.1, 0.15) is 19.3 Å². The van der Waals surface area contributed by atoms with Gasteiger partial charge in [-0.2, -0.15) is 0 Å². The van der Waals surface area contributed by atoms with Crippen molar-refractivity contribution in [3.8, 4) is 0 Å². The monoisotopic (exact) mass is 974 g/mol. The molecule has 3 atom stereocenters. The highest BCUT2D eigenvalue weighted by atomic mass is 31.2. The maximum atomic E-state index is 13.5. The van der Waals surface area contributed by atoms with E-state index in [1.165, 1.54) is 103 Å². The zero-order chi connectivity index (χ0) is 50.1. The van der Waals surface area contributed by atoms with Crippen LogP contribution in [0.1, 0.15) is 233 Å². The highest BCUT2D eigenvalue weighted by Gasteiger charge is 2.30. The number of rotatable bonds is 49. The minimum Gasteiger partial charge on any atom is -0.456 e. The van der Waals surface area contributed by atoms with E-state index in [9.17, 15) is 19.0 Å². The summed E-state index contributed by atoms with van der Waals surface area (Å²) in [6, 6.07) is -0.864. The lowest BCUT2D eigenvalue weighted by molar-refractivity contribution is -0.870. The molecule has 10 heteroatoms. The second-order valence-electron chi connectivity index (χ2n) is 19.7. The van der Waals surface area contributed by atoms with Gasteiger partial charge in [0, 0.05) is 12.8 Å². The number of carbonyl (C=O) groups is 2. The van der Waals surface area contributed by atoms with E-state index in [0.717, 1.165) is 89.9 Å². The van der Waals surface area contributed by atoms with Gasteiger partial charge < -0.3 is 19.4 Å². The number of hydrogen-bond donors (Lipinski definition) is 2. The Hall–Kier alpha value is -2.55. The van der Waals surface area contributed by atoms with Crippen LogP contribution in [0, 0.1) is 0 Å². The number of hydrogen-bond acceptors (Lipinski definition) is 6. The highest BCUT2D eigenvalue weighted by molar-refractivity contribution is 7.47. The average Bonchev–Trinajstić information content (AvgIpc) is 3.29. The van der Waals surface area contributed by atoms with E-state index >= 15 is 0 Å². The molecule has 0 aliphatic carbocycles. The molecule has 0 saturated heterocycles. The lowest BCUT2D eigenvalue weighted by Gasteiger charge is -2.27. The van der Waals surface area contributed by atoms with Gasteiger partial charge >= 0.3 is 13.8 Å². The van der Waals surface area contributed by atoms with Crippen LogP contribution in [0.3, 0.4) is 0 Å². The van der Waals surface area contributed by atoms with E-state index in [1.807, 2.05) is 33.3 Å². The Balaban J connectivity index is 5.40. The zero-order valence-electron chi connectivity index (χ0n) is 44.8. The second-order valence-corrected chi connectivity index (χ2v) is 21.2. The minimum atomic E-state index is -4.45. The number of likely N-dealkylation sites (N-methyl/N-ethyl adjacent to an activating group) is 1. The van der Waals surface area contributed by atoms with Crippen LogP contribution < -0.4 is 5.32 Å². The summed E-state index contributed by atoms with van der Waals surface area (Å²) >= 11 is 0. The number of quaternary nitrogens is 1. The van der Waals surface area contributed by atoms with Crippen molar-refractivity contribution in [2.24, 2.45) is 0 Å². The van der Waals surface area contributed by atoms with Gasteiger partial charge in [0.25, 0.3) is 0 Å². The summed E-state index contributed by atoms with van der Waals surface area (Å²) in [5.74, 6) is -0.545. The lowest BCUT2D eigenvalue weighted by atomic mass is 10.0. The summed E-state index contributed by atoms with van der Waals surface area (Å²) in [7, 11) is 1.47. The van der Waals surface area contributed by atoms with Gasteiger partial charge in [-0.1, -0.05) is 216 Å². The largest absolute Gasteiger partial charge is 0.472 e. The maximum Gasteiger partial charge on any atom is 0.472 e. The number of phosphoric acid groups is 1.